The quantitative estimate of drug-likeness (QED) is 0.0485. The molecule has 0 aromatic carbocycles. The van der Waals surface area contributed by atoms with Gasteiger partial charge in [-0.3, -0.25) is 4.79 Å². The minimum absolute atomic E-state index is 0.00125. The second-order valence-electron chi connectivity index (χ2n) is 22.8. The number of unbranched alkanes of at least 4 members (excludes halogenated alkanes) is 26. The first-order valence-electron chi connectivity index (χ1n) is 32.7. The van der Waals surface area contributed by atoms with Gasteiger partial charge < -0.3 is 30.1 Å². The minimum atomic E-state index is 0.00125. The van der Waals surface area contributed by atoms with Gasteiger partial charge in [-0.1, -0.05) is 265 Å². The molecule has 2 aliphatic heterocycles. The molecule has 0 atom stereocenters. The van der Waals surface area contributed by atoms with Crippen molar-refractivity contribution in [2.45, 2.75) is 316 Å². The molecule has 71 heavy (non-hydrogen) atoms. The second-order valence-corrected chi connectivity index (χ2v) is 22.8. The van der Waals surface area contributed by atoms with E-state index in [1.54, 1.807) is 0 Å². The molecule has 2 rings (SSSR count). The molecular weight excluding hydrogens is 871 g/mol. The summed E-state index contributed by atoms with van der Waals surface area (Å²) in [6.45, 7) is 21.1. The fourth-order valence-electron chi connectivity index (χ4n) is 10.2. The molecule has 0 aliphatic carbocycles. The number of carbonyl (C=O) groups excluding carboxylic acids is 1. The highest BCUT2D eigenvalue weighted by atomic mass is 16.5. The molecule has 2 N–H and O–H groups in total. The van der Waals surface area contributed by atoms with Crippen molar-refractivity contribution in [2.75, 3.05) is 92.7 Å². The molecule has 0 aromatic rings. The molecular formula is C64H133N5O2. The van der Waals surface area contributed by atoms with Crippen LogP contribution in [0.5, 0.6) is 0 Å². The summed E-state index contributed by atoms with van der Waals surface area (Å²) in [5.74, 6) is 0.00125. The Balaban J connectivity index is 0.00000131. The van der Waals surface area contributed by atoms with E-state index in [1.165, 1.54) is 315 Å². The van der Waals surface area contributed by atoms with E-state index >= 15 is 0 Å². The normalized spacial score (nSPS) is 17.0. The van der Waals surface area contributed by atoms with Crippen LogP contribution in [0, 0.1) is 0 Å². The Labute approximate surface area is 447 Å². The Bertz CT molecular complexity index is 953. The van der Waals surface area contributed by atoms with Crippen molar-refractivity contribution in [1.82, 2.24) is 25.3 Å². The van der Waals surface area contributed by atoms with Crippen LogP contribution >= 0.6 is 0 Å². The van der Waals surface area contributed by atoms with Crippen molar-refractivity contribution in [2.24, 2.45) is 0 Å². The van der Waals surface area contributed by atoms with Crippen LogP contribution in [0.25, 0.3) is 0 Å². The topological polar surface area (TPSA) is 60.1 Å². The van der Waals surface area contributed by atoms with Gasteiger partial charge in [-0.25, -0.2) is 0 Å². The van der Waals surface area contributed by atoms with E-state index in [0.29, 0.717) is 13.0 Å². The fraction of sp³-hybridized carbons (Fsp3) is 0.984. The number of nitrogens with one attached hydrogen (secondary N) is 2. The van der Waals surface area contributed by atoms with Crippen LogP contribution in [0.15, 0.2) is 0 Å². The predicted octanol–water partition coefficient (Wildman–Crippen LogP) is 17.9. The molecule has 2 fully saturated rings. The molecule has 7 nitrogen and oxygen atoms in total. The maximum atomic E-state index is 11.6. The van der Waals surface area contributed by atoms with Crippen LogP contribution in [-0.4, -0.2) is 113 Å². The molecule has 7 heteroatoms. The zero-order valence-corrected chi connectivity index (χ0v) is 49.7. The molecule has 2 heterocycles. The maximum Gasteiger partial charge on any atom is 0.305 e. The number of piperazine rings is 1. The molecule has 0 amide bonds. The molecule has 2 saturated heterocycles. The van der Waals surface area contributed by atoms with Crippen molar-refractivity contribution >= 4 is 5.97 Å². The van der Waals surface area contributed by atoms with Gasteiger partial charge >= 0.3 is 5.97 Å². The van der Waals surface area contributed by atoms with Crippen LogP contribution < -0.4 is 10.6 Å². The van der Waals surface area contributed by atoms with Crippen LogP contribution in [0.1, 0.15) is 316 Å². The molecule has 426 valence electrons. The van der Waals surface area contributed by atoms with Gasteiger partial charge in [-0.15, -0.1) is 0 Å². The van der Waals surface area contributed by atoms with E-state index in [0.717, 1.165) is 45.4 Å². The summed E-state index contributed by atoms with van der Waals surface area (Å²) in [6.07, 6.45) is 63.1. The monoisotopic (exact) mass is 1000 g/mol. The third-order valence-electron chi connectivity index (χ3n) is 15.4. The van der Waals surface area contributed by atoms with Crippen molar-refractivity contribution in [1.29, 1.82) is 0 Å². The van der Waals surface area contributed by atoms with Crippen LogP contribution in [-0.2, 0) is 9.53 Å². The van der Waals surface area contributed by atoms with E-state index in [9.17, 15) is 4.79 Å². The third kappa shape index (κ3) is 60.0. The smallest absolute Gasteiger partial charge is 0.305 e. The van der Waals surface area contributed by atoms with E-state index in [1.807, 2.05) is 0 Å². The largest absolute Gasteiger partial charge is 0.466 e. The Kier molecular flexibility index (Phi) is 61.2. The number of hydrogen-bond acceptors (Lipinski definition) is 7. The second kappa shape index (κ2) is 61.8. The Morgan fingerprint density at radius 1 is 0.380 bits per heavy atom. The number of ether oxygens (including phenoxy) is 1. The molecule has 0 unspecified atom stereocenters. The van der Waals surface area contributed by atoms with E-state index in [4.69, 9.17) is 4.74 Å². The summed E-state index contributed by atoms with van der Waals surface area (Å²) >= 11 is 0. The fourth-order valence-corrected chi connectivity index (χ4v) is 10.2. The zero-order chi connectivity index (χ0) is 51.4. The average Bonchev–Trinajstić information content (AvgIpc) is 3.37. The zero-order valence-electron chi connectivity index (χ0n) is 49.7. The van der Waals surface area contributed by atoms with Crippen molar-refractivity contribution in [3.63, 3.8) is 0 Å². The lowest BCUT2D eigenvalue weighted by Gasteiger charge is -2.25. The number of cyclic esters (lactones) is 1. The Hall–Kier alpha value is -0.730. The van der Waals surface area contributed by atoms with Crippen LogP contribution in [0.2, 0.25) is 0 Å². The Morgan fingerprint density at radius 2 is 0.704 bits per heavy atom. The maximum absolute atomic E-state index is 11.6. The van der Waals surface area contributed by atoms with Gasteiger partial charge in [0.05, 0.1) is 6.61 Å². The predicted molar refractivity (Wildman–Crippen MR) is 318 cm³/mol. The highest BCUT2D eigenvalue weighted by Crippen LogP contribution is 2.16. The molecule has 0 saturated carbocycles. The summed E-state index contributed by atoms with van der Waals surface area (Å²) in [7, 11) is 4.52. The summed E-state index contributed by atoms with van der Waals surface area (Å²) in [4.78, 5) is 19.4. The summed E-state index contributed by atoms with van der Waals surface area (Å²) in [5, 5.41) is 6.80. The lowest BCUT2D eigenvalue weighted by atomic mass is 10.0. The van der Waals surface area contributed by atoms with Crippen LogP contribution in [0.3, 0.4) is 0 Å². The van der Waals surface area contributed by atoms with E-state index in [2.05, 4.69) is 60.2 Å². The van der Waals surface area contributed by atoms with Gasteiger partial charge in [0, 0.05) is 45.7 Å². The van der Waals surface area contributed by atoms with Crippen molar-refractivity contribution < 1.29 is 9.53 Å². The highest BCUT2D eigenvalue weighted by molar-refractivity contribution is 5.69. The number of esters is 1. The van der Waals surface area contributed by atoms with Gasteiger partial charge in [0.2, 0.25) is 0 Å². The van der Waals surface area contributed by atoms with E-state index < -0.39 is 0 Å². The molecule has 0 bridgehead atoms. The first kappa shape index (κ1) is 70.3. The van der Waals surface area contributed by atoms with E-state index in [-0.39, 0.29) is 5.97 Å². The van der Waals surface area contributed by atoms with Gasteiger partial charge in [0.25, 0.3) is 0 Å². The van der Waals surface area contributed by atoms with Gasteiger partial charge in [0.1, 0.15) is 0 Å². The van der Waals surface area contributed by atoms with Crippen molar-refractivity contribution in [3.05, 3.63) is 0 Å². The summed E-state index contributed by atoms with van der Waals surface area (Å²) in [6, 6.07) is 0. The molecule has 2 aliphatic rings. The first-order valence-corrected chi connectivity index (χ1v) is 32.7. The van der Waals surface area contributed by atoms with Gasteiger partial charge in [0.15, 0.2) is 0 Å². The molecule has 0 aromatic heterocycles. The average molecular weight is 1000 g/mol. The Morgan fingerprint density at radius 3 is 1.08 bits per heavy atom. The number of nitrogens with zero attached hydrogens (tertiary/aromatic N) is 3. The lowest BCUT2D eigenvalue weighted by Crippen LogP contribution is -2.40. The standard InChI is InChI=1S/C38H80N2.C21H41NO2.C5H12N2/c1-5-8-11-14-17-20-23-25-28-31-34-39(4)37-38-40(35-32-29-26-22-19-16-13-10-7-3)36-33-30-27-24-21-18-15-12-9-6-2;23-21-17-13-12-15-19-22-18-14-10-8-6-4-2-1-3-5-7-9-11-16-20-24-21;1-7-4-2-6-3-5-7/h5-38H2,1-4H3;22H,1-20H2;6H,2-5H2,1H3. The van der Waals surface area contributed by atoms with Gasteiger partial charge in [-0.2, -0.15) is 0 Å². The van der Waals surface area contributed by atoms with Crippen molar-refractivity contribution in [3.8, 4) is 0 Å². The minimum Gasteiger partial charge on any atom is -0.466 e. The molecule has 0 spiro atoms. The van der Waals surface area contributed by atoms with Gasteiger partial charge in [-0.05, 0) is 91.8 Å². The number of carbonyl (C=O) groups is 1. The number of rotatable bonds is 35. The summed E-state index contributed by atoms with van der Waals surface area (Å²) < 4.78 is 5.31. The van der Waals surface area contributed by atoms with Crippen LogP contribution in [0.4, 0.5) is 0 Å². The third-order valence-corrected chi connectivity index (χ3v) is 15.4. The first-order chi connectivity index (χ1) is 35.0. The summed E-state index contributed by atoms with van der Waals surface area (Å²) in [5.41, 5.74) is 0. The highest BCUT2D eigenvalue weighted by Gasteiger charge is 2.08. The number of likely N-dealkylation sites (N-methyl/N-ethyl adjacent to an activating group) is 2. The SMILES string of the molecule is CCCCCCCCCCCCN(C)CCN(CCCCCCCCCCC)CCCCCCCCCCCC.CN1CCNCC1.O=C1CCCCCNCCCCCCCCCCCCCCCO1. The lowest BCUT2D eigenvalue weighted by molar-refractivity contribution is -0.143. The molecule has 0 radical (unpaired) electrons. The number of hydrogen-bond donors (Lipinski definition) is 2.